The molecule has 15 amide bonds. The number of unbranched alkanes of at least 4 members (excludes halogenated alkanes) is 1. The maximum absolute atomic E-state index is 15.3. The van der Waals surface area contributed by atoms with Crippen molar-refractivity contribution in [1.82, 2.24) is 90.0 Å². The normalized spacial score (nSPS) is 14.5. The van der Waals surface area contributed by atoms with Crippen LogP contribution in [0, 0.1) is 34.0 Å². The topological polar surface area (TPSA) is 812 Å². The van der Waals surface area contributed by atoms with E-state index in [0.29, 0.717) is 28.9 Å². The summed E-state index contributed by atoms with van der Waals surface area (Å²) in [6.07, 6.45) is -2.01. The minimum Gasteiger partial charge on any atom is -0.481 e. The standard InChI is InChI=1S/C92H146N26O22S/c1-9-53(6)74(87(137)115-64(45-52(4)5)79(129)107-60(35-36-71(95)120)78(128)109-62(89(139)140)32-22-41-103-91(98)99)117-84(134)67(48-56-28-17-12-18-29-56)112-83(133)68(49-73(123)124)113-77(127)59(31-21-40-102-90(96)97)105-81(131)65(46-54-24-13-10-14-25-54)111-82(132)66(47-55-26-15-11-16-27-55)110-76(126)58(30-19-20-39-93)106-85(135)69(50-119)116-80(130)63(44-51(2)3)114-86(136)70(33-23-42-104-92(100)101)118(7)88(138)61(38-43-141-8)108-75(125)57(94)34-37-72(121)122/h10-18,24-29,51-53,57-70,74,119H,9,19-23,30-50,93-94H2,1-8H3,(H2,95,120)(H,105,131)(H,106,135)(H,107,129)(H,108,125)(H,109,128)(H,110,126)(H,111,132)(H,112,133)(H,113,127)(H,114,136)(H,115,137)(H,116,130)(H,117,134)(H,121,122)(H,123,124)(H,139,140)(H4,96,97,102)(H4,98,99,103)(H4,100,101,104)/t53-,57-,58-,59-,60-,61-,62-,63-,64-,65-,66-,67-,68-,69-,70-,74-/m0/s1. The Morgan fingerprint density at radius 1 is 0.383 bits per heavy atom. The van der Waals surface area contributed by atoms with Crippen molar-refractivity contribution in [2.75, 3.05) is 51.8 Å². The van der Waals surface area contributed by atoms with E-state index in [-0.39, 0.29) is 147 Å². The molecule has 782 valence electrons. The van der Waals surface area contributed by atoms with Crippen molar-refractivity contribution in [3.63, 3.8) is 0 Å². The van der Waals surface area contributed by atoms with Gasteiger partial charge in [-0.1, -0.05) is 139 Å². The first-order chi connectivity index (χ1) is 66.7. The van der Waals surface area contributed by atoms with Gasteiger partial charge in [-0.3, -0.25) is 97.7 Å². The third-order valence-corrected chi connectivity index (χ3v) is 23.1. The third-order valence-electron chi connectivity index (χ3n) is 22.5. The Labute approximate surface area is 823 Å². The van der Waals surface area contributed by atoms with E-state index < -0.39 is 247 Å². The summed E-state index contributed by atoms with van der Waals surface area (Å²) in [6.45, 7) is 9.18. The molecule has 0 radical (unpaired) electrons. The van der Waals surface area contributed by atoms with Gasteiger partial charge in [-0.2, -0.15) is 11.8 Å². The lowest BCUT2D eigenvalue weighted by molar-refractivity contribution is -0.143. The molecule has 0 aromatic heterocycles. The van der Waals surface area contributed by atoms with Gasteiger partial charge >= 0.3 is 17.9 Å². The lowest BCUT2D eigenvalue weighted by Crippen LogP contribution is -2.62. The molecule has 3 aromatic rings. The molecule has 3 rings (SSSR count). The Kier molecular flexibility index (Phi) is 56.1. The highest BCUT2D eigenvalue weighted by Gasteiger charge is 2.41. The molecule has 0 aliphatic rings. The van der Waals surface area contributed by atoms with Gasteiger partial charge in [0, 0.05) is 58.8 Å². The number of hydrogen-bond donors (Lipinski definition) is 29. The number of carbonyl (C=O) groups is 18. The second kappa shape index (κ2) is 65.2. The summed E-state index contributed by atoms with van der Waals surface area (Å²) < 4.78 is 0. The maximum atomic E-state index is 15.3. The summed E-state index contributed by atoms with van der Waals surface area (Å²) in [7, 11) is 1.30. The Morgan fingerprint density at radius 3 is 1.12 bits per heavy atom. The molecular weight excluding hydrogens is 1850 g/mol. The number of nitrogens with two attached hydrogens (primary N) is 6. The van der Waals surface area contributed by atoms with Crippen LogP contribution < -0.4 is 119 Å². The molecular formula is C92H146N26O22S. The van der Waals surface area contributed by atoms with Gasteiger partial charge in [-0.15, -0.1) is 0 Å². The smallest absolute Gasteiger partial charge is 0.326 e. The molecule has 0 aliphatic carbocycles. The quantitative estimate of drug-likeness (QED) is 0.0144. The zero-order valence-corrected chi connectivity index (χ0v) is 81.9. The minimum atomic E-state index is -2.07. The van der Waals surface area contributed by atoms with Gasteiger partial charge in [0.15, 0.2) is 17.9 Å². The lowest BCUT2D eigenvalue weighted by Gasteiger charge is -2.33. The van der Waals surface area contributed by atoms with Crippen LogP contribution >= 0.6 is 11.8 Å². The van der Waals surface area contributed by atoms with E-state index in [2.05, 4.69) is 85.1 Å². The summed E-state index contributed by atoms with van der Waals surface area (Å²) in [5.41, 5.74) is 35.1. The number of primary amides is 1. The van der Waals surface area contributed by atoms with Crippen molar-refractivity contribution in [2.24, 2.45) is 52.2 Å². The lowest BCUT2D eigenvalue weighted by atomic mass is 9.95. The molecule has 3 aromatic carbocycles. The molecule has 0 fully saturated rings. The molecule has 0 spiro atoms. The predicted octanol–water partition coefficient (Wildman–Crippen LogP) is -4.34. The summed E-state index contributed by atoms with van der Waals surface area (Å²) >= 11 is 1.34. The van der Waals surface area contributed by atoms with Crippen LogP contribution in [0.2, 0.25) is 0 Å². The van der Waals surface area contributed by atoms with Crippen LogP contribution in [-0.4, -0.2) is 292 Å². The Bertz CT molecular complexity index is 4630. The van der Waals surface area contributed by atoms with Gasteiger partial charge < -0.3 is 145 Å². The van der Waals surface area contributed by atoms with Crippen molar-refractivity contribution in [2.45, 2.75) is 267 Å². The summed E-state index contributed by atoms with van der Waals surface area (Å²) in [5, 5.41) is 105. The third kappa shape index (κ3) is 47.6. The van der Waals surface area contributed by atoms with Crippen LogP contribution in [0.25, 0.3) is 0 Å². The number of carbonyl (C=O) groups excluding carboxylic acids is 15. The molecule has 48 nitrogen and oxygen atoms in total. The summed E-state index contributed by atoms with van der Waals surface area (Å²) in [4.78, 5) is 255. The first-order valence-electron chi connectivity index (χ1n) is 46.8. The molecule has 0 saturated heterocycles. The molecule has 0 aliphatic heterocycles. The van der Waals surface area contributed by atoms with Gasteiger partial charge in [0.1, 0.15) is 84.6 Å². The molecule has 0 saturated carbocycles. The van der Waals surface area contributed by atoms with Crippen LogP contribution in [-0.2, 0) is 106 Å². The molecule has 0 bridgehead atoms. The molecule has 35 N–H and O–H groups in total. The maximum Gasteiger partial charge on any atom is 0.326 e. The van der Waals surface area contributed by atoms with Gasteiger partial charge in [0.2, 0.25) is 88.6 Å². The SMILES string of the molecule is CC[C@H](C)[C@H](NC(=O)[C@H](Cc1ccccc1)NC(=O)[C@H](CC(=O)O)NC(=O)[C@H](CCCNC(=N)N)NC(=O)[C@H](Cc1ccccc1)NC(=O)[C@H](Cc1ccccc1)NC(=O)[C@H](CCCCN)NC(=O)[C@H](CO)NC(=O)[C@H](CC(C)C)NC(=O)[C@H](CCCNC(=N)N)N(C)C(=O)[C@H](CCSC)NC(=O)[C@@H](N)CCC(=O)O)C(=O)N[C@@H](CC(C)C)C(=O)N[C@@H](CCC(N)=O)C(=O)N[C@@H](CCCNC(=N)N)C(=O)O. The number of aliphatic hydroxyl groups is 1. The van der Waals surface area contributed by atoms with Gasteiger partial charge in [0.25, 0.3) is 0 Å². The molecule has 16 atom stereocenters. The van der Waals surface area contributed by atoms with E-state index >= 15 is 24.0 Å². The summed E-state index contributed by atoms with van der Waals surface area (Å²) in [6, 6.07) is 0.704. The van der Waals surface area contributed by atoms with Crippen LogP contribution in [0.4, 0.5) is 0 Å². The second-order valence-corrected chi connectivity index (χ2v) is 36.1. The highest BCUT2D eigenvalue weighted by molar-refractivity contribution is 7.98. The van der Waals surface area contributed by atoms with Crippen LogP contribution in [0.3, 0.4) is 0 Å². The van der Waals surface area contributed by atoms with E-state index in [1.165, 1.54) is 18.8 Å². The number of guanidine groups is 3. The number of amides is 15. The van der Waals surface area contributed by atoms with Crippen molar-refractivity contribution in [1.29, 1.82) is 16.2 Å². The van der Waals surface area contributed by atoms with Crippen molar-refractivity contribution < 1.29 is 107 Å². The van der Waals surface area contributed by atoms with Crippen molar-refractivity contribution >= 4 is 136 Å². The Morgan fingerprint density at radius 2 is 0.730 bits per heavy atom. The van der Waals surface area contributed by atoms with E-state index in [1.807, 2.05) is 0 Å². The van der Waals surface area contributed by atoms with E-state index in [4.69, 9.17) is 50.6 Å². The number of likely N-dealkylation sites (N-methyl/N-ethyl adjacent to an activating group) is 1. The number of nitrogens with one attached hydrogen (secondary N) is 19. The highest BCUT2D eigenvalue weighted by Crippen LogP contribution is 2.20. The minimum absolute atomic E-state index is 0.0471. The fourth-order valence-corrected chi connectivity index (χ4v) is 15.1. The first kappa shape index (κ1) is 121. The average Bonchev–Trinajstić information content (AvgIpc) is 0.838. The number of carboxylic acids is 3. The average molecular weight is 2000 g/mol. The number of thioether (sulfide) groups is 1. The number of rotatable bonds is 69. The number of aliphatic hydroxyl groups excluding tert-OH is 1. The van der Waals surface area contributed by atoms with Gasteiger partial charge in [0.05, 0.1) is 19.1 Å². The monoisotopic (exact) mass is 2000 g/mol. The molecule has 49 heteroatoms. The fourth-order valence-electron chi connectivity index (χ4n) is 14.6. The van der Waals surface area contributed by atoms with Crippen LogP contribution in [0.5, 0.6) is 0 Å². The van der Waals surface area contributed by atoms with E-state index in [1.54, 1.807) is 139 Å². The van der Waals surface area contributed by atoms with E-state index in [9.17, 15) is 82.8 Å². The zero-order valence-electron chi connectivity index (χ0n) is 81.1. The molecule has 0 unspecified atom stereocenters. The number of hydrogen-bond acceptors (Lipinski definition) is 25. The first-order valence-corrected chi connectivity index (χ1v) is 48.2. The molecule has 0 heterocycles. The largest absolute Gasteiger partial charge is 0.481 e. The Hall–Kier alpha value is -13.8. The van der Waals surface area contributed by atoms with Crippen molar-refractivity contribution in [3.8, 4) is 0 Å². The predicted molar refractivity (Wildman–Crippen MR) is 524 cm³/mol. The van der Waals surface area contributed by atoms with Crippen molar-refractivity contribution in [3.05, 3.63) is 108 Å². The number of benzene rings is 3. The number of aliphatic carboxylic acids is 3. The number of nitrogens with zero attached hydrogens (tertiary/aromatic N) is 1. The Balaban J connectivity index is 2.11. The van der Waals surface area contributed by atoms with Crippen LogP contribution in [0.1, 0.15) is 174 Å². The zero-order chi connectivity index (χ0) is 106. The number of carboxylic acid groups (broad SMARTS) is 3. The van der Waals surface area contributed by atoms with E-state index in [0.717, 1.165) is 4.90 Å². The van der Waals surface area contributed by atoms with Crippen LogP contribution in [0.15, 0.2) is 91.0 Å². The van der Waals surface area contributed by atoms with Gasteiger partial charge in [-0.05, 0) is 143 Å². The summed E-state index contributed by atoms with van der Waals surface area (Å²) in [5.74, 6) is -21.6. The fraction of sp³-hybridized carbons (Fsp3) is 0.576. The molecule has 141 heavy (non-hydrogen) atoms. The highest BCUT2D eigenvalue weighted by atomic mass is 32.2. The second-order valence-electron chi connectivity index (χ2n) is 35.1. The van der Waals surface area contributed by atoms with Gasteiger partial charge in [-0.25, -0.2) is 4.79 Å².